The largest absolute Gasteiger partial charge is 0.377 e. The smallest absolute Gasteiger partial charge is 0.0671 e. The third-order valence-corrected chi connectivity index (χ3v) is 2.49. The summed E-state index contributed by atoms with van der Waals surface area (Å²) in [6, 6.07) is 10.5. The Balaban J connectivity index is 2.06. The first-order chi connectivity index (χ1) is 7.83. The first-order valence-electron chi connectivity index (χ1n) is 6.19. The number of hydrogen-bond donors (Lipinski definition) is 1. The van der Waals surface area contributed by atoms with Gasteiger partial charge in [-0.2, -0.15) is 0 Å². The quantitative estimate of drug-likeness (QED) is 0.681. The molecule has 0 spiro atoms. The van der Waals surface area contributed by atoms with E-state index in [0.29, 0.717) is 6.10 Å². The fraction of sp³-hybridized carbons (Fsp3) is 0.571. The summed E-state index contributed by atoms with van der Waals surface area (Å²) in [5.41, 5.74) is 1.34. The lowest BCUT2D eigenvalue weighted by atomic mass is 10.2. The Morgan fingerprint density at radius 3 is 2.69 bits per heavy atom. The molecule has 0 heterocycles. The molecular formula is C14H23NO. The first-order valence-corrected chi connectivity index (χ1v) is 6.19. The van der Waals surface area contributed by atoms with Gasteiger partial charge in [-0.05, 0) is 31.9 Å². The third-order valence-electron chi connectivity index (χ3n) is 2.49. The molecule has 0 aliphatic heterocycles. The van der Waals surface area contributed by atoms with Crippen molar-refractivity contribution in [1.29, 1.82) is 0 Å². The van der Waals surface area contributed by atoms with Gasteiger partial charge in [0.1, 0.15) is 0 Å². The van der Waals surface area contributed by atoms with Gasteiger partial charge in [-0.1, -0.05) is 37.3 Å². The van der Waals surface area contributed by atoms with Crippen molar-refractivity contribution in [2.75, 3.05) is 19.7 Å². The van der Waals surface area contributed by atoms with Gasteiger partial charge in [0.25, 0.3) is 0 Å². The number of hydrogen-bond acceptors (Lipinski definition) is 2. The van der Waals surface area contributed by atoms with Crippen molar-refractivity contribution >= 4 is 0 Å². The van der Waals surface area contributed by atoms with Gasteiger partial charge in [0.2, 0.25) is 0 Å². The number of nitrogens with one attached hydrogen (secondary N) is 1. The van der Waals surface area contributed by atoms with Gasteiger partial charge >= 0.3 is 0 Å². The van der Waals surface area contributed by atoms with Crippen molar-refractivity contribution in [3.05, 3.63) is 35.9 Å². The maximum atomic E-state index is 5.73. The molecule has 2 nitrogen and oxygen atoms in total. The molecule has 0 aliphatic rings. The second-order valence-electron chi connectivity index (χ2n) is 4.12. The van der Waals surface area contributed by atoms with Crippen LogP contribution in [0.4, 0.5) is 0 Å². The van der Waals surface area contributed by atoms with E-state index < -0.39 is 0 Å². The molecule has 0 saturated carbocycles. The lowest BCUT2D eigenvalue weighted by Crippen LogP contribution is -2.27. The topological polar surface area (TPSA) is 21.3 Å². The number of benzene rings is 1. The van der Waals surface area contributed by atoms with Crippen molar-refractivity contribution in [2.45, 2.75) is 32.8 Å². The number of ether oxygens (including phenoxy) is 1. The van der Waals surface area contributed by atoms with Gasteiger partial charge in [-0.15, -0.1) is 0 Å². The maximum absolute atomic E-state index is 5.73. The van der Waals surface area contributed by atoms with Crippen LogP contribution in [-0.4, -0.2) is 25.8 Å². The molecule has 1 unspecified atom stereocenters. The van der Waals surface area contributed by atoms with E-state index in [1.165, 1.54) is 12.0 Å². The standard InChI is InChI=1S/C14H23NO/c1-3-10-15-12-13(2)16-11-9-14-7-5-4-6-8-14/h4-8,13,15H,3,9-12H2,1-2H3. The summed E-state index contributed by atoms with van der Waals surface area (Å²) in [6.45, 7) is 7.12. The van der Waals surface area contributed by atoms with E-state index in [4.69, 9.17) is 4.74 Å². The molecule has 0 bridgehead atoms. The van der Waals surface area contributed by atoms with Gasteiger partial charge in [-0.25, -0.2) is 0 Å². The van der Waals surface area contributed by atoms with E-state index >= 15 is 0 Å². The minimum Gasteiger partial charge on any atom is -0.377 e. The van der Waals surface area contributed by atoms with Crippen LogP contribution in [-0.2, 0) is 11.2 Å². The summed E-state index contributed by atoms with van der Waals surface area (Å²) in [5, 5.41) is 3.36. The molecule has 0 aliphatic carbocycles. The van der Waals surface area contributed by atoms with Gasteiger partial charge < -0.3 is 10.1 Å². The van der Waals surface area contributed by atoms with Crippen molar-refractivity contribution in [1.82, 2.24) is 5.32 Å². The molecule has 90 valence electrons. The van der Waals surface area contributed by atoms with E-state index in [0.717, 1.165) is 26.1 Å². The molecular weight excluding hydrogens is 198 g/mol. The molecule has 0 saturated heterocycles. The van der Waals surface area contributed by atoms with E-state index in [1.54, 1.807) is 0 Å². The highest BCUT2D eigenvalue weighted by atomic mass is 16.5. The molecule has 0 amide bonds. The van der Waals surface area contributed by atoms with Crippen LogP contribution in [0.5, 0.6) is 0 Å². The minimum atomic E-state index is 0.301. The van der Waals surface area contributed by atoms with Crippen molar-refractivity contribution in [3.8, 4) is 0 Å². The van der Waals surface area contributed by atoms with Crippen LogP contribution >= 0.6 is 0 Å². The number of rotatable bonds is 8. The Bertz CT molecular complexity index is 261. The Morgan fingerprint density at radius 2 is 2.00 bits per heavy atom. The fourth-order valence-electron chi connectivity index (χ4n) is 1.56. The first kappa shape index (κ1) is 13.2. The molecule has 1 aromatic carbocycles. The van der Waals surface area contributed by atoms with Crippen LogP contribution in [0.15, 0.2) is 30.3 Å². The molecule has 1 aromatic rings. The summed E-state index contributed by atoms with van der Waals surface area (Å²) in [4.78, 5) is 0. The Labute approximate surface area is 99.0 Å². The highest BCUT2D eigenvalue weighted by molar-refractivity contribution is 5.14. The van der Waals surface area contributed by atoms with E-state index in [-0.39, 0.29) is 0 Å². The molecule has 1 atom stereocenters. The predicted octanol–water partition coefficient (Wildman–Crippen LogP) is 2.63. The van der Waals surface area contributed by atoms with Gasteiger partial charge in [-0.3, -0.25) is 0 Å². The molecule has 0 aromatic heterocycles. The van der Waals surface area contributed by atoms with Crippen molar-refractivity contribution in [3.63, 3.8) is 0 Å². The van der Waals surface area contributed by atoms with Crippen molar-refractivity contribution in [2.24, 2.45) is 0 Å². The minimum absolute atomic E-state index is 0.301. The summed E-state index contributed by atoms with van der Waals surface area (Å²) in [5.74, 6) is 0. The summed E-state index contributed by atoms with van der Waals surface area (Å²) in [7, 11) is 0. The Kier molecular flexibility index (Phi) is 6.86. The Morgan fingerprint density at radius 1 is 1.25 bits per heavy atom. The molecule has 16 heavy (non-hydrogen) atoms. The van der Waals surface area contributed by atoms with Crippen LogP contribution in [0.3, 0.4) is 0 Å². The van der Waals surface area contributed by atoms with E-state index in [2.05, 4.69) is 43.4 Å². The maximum Gasteiger partial charge on any atom is 0.0671 e. The lowest BCUT2D eigenvalue weighted by molar-refractivity contribution is 0.0683. The third kappa shape index (κ3) is 5.89. The SMILES string of the molecule is CCCNCC(C)OCCc1ccccc1. The van der Waals surface area contributed by atoms with Gasteiger partial charge in [0.15, 0.2) is 0 Å². The van der Waals surface area contributed by atoms with Crippen LogP contribution in [0, 0.1) is 0 Å². The van der Waals surface area contributed by atoms with E-state index in [1.807, 2.05) is 6.07 Å². The van der Waals surface area contributed by atoms with Gasteiger partial charge in [0.05, 0.1) is 12.7 Å². The normalized spacial score (nSPS) is 12.6. The monoisotopic (exact) mass is 221 g/mol. The fourth-order valence-corrected chi connectivity index (χ4v) is 1.56. The summed E-state index contributed by atoms with van der Waals surface area (Å²) >= 11 is 0. The summed E-state index contributed by atoms with van der Waals surface area (Å²) in [6.07, 6.45) is 2.48. The van der Waals surface area contributed by atoms with E-state index in [9.17, 15) is 0 Å². The second-order valence-corrected chi connectivity index (χ2v) is 4.12. The molecule has 1 rings (SSSR count). The zero-order chi connectivity index (χ0) is 11.6. The van der Waals surface area contributed by atoms with Crippen molar-refractivity contribution < 1.29 is 4.74 Å². The molecule has 0 fully saturated rings. The second kappa shape index (κ2) is 8.31. The average molecular weight is 221 g/mol. The van der Waals surface area contributed by atoms with Crippen LogP contribution in [0.2, 0.25) is 0 Å². The Hall–Kier alpha value is -0.860. The average Bonchev–Trinajstić information content (AvgIpc) is 2.31. The lowest BCUT2D eigenvalue weighted by Gasteiger charge is -2.13. The predicted molar refractivity (Wildman–Crippen MR) is 68.7 cm³/mol. The van der Waals surface area contributed by atoms with Gasteiger partial charge in [0, 0.05) is 6.54 Å². The molecule has 0 radical (unpaired) electrons. The molecule has 2 heteroatoms. The summed E-state index contributed by atoms with van der Waals surface area (Å²) < 4.78 is 5.73. The molecule has 1 N–H and O–H groups in total. The van der Waals surface area contributed by atoms with Crippen LogP contribution < -0.4 is 5.32 Å². The van der Waals surface area contributed by atoms with Crippen LogP contribution in [0.1, 0.15) is 25.8 Å². The zero-order valence-corrected chi connectivity index (χ0v) is 10.4. The zero-order valence-electron chi connectivity index (χ0n) is 10.4. The van der Waals surface area contributed by atoms with Crippen LogP contribution in [0.25, 0.3) is 0 Å². The highest BCUT2D eigenvalue weighted by Crippen LogP contribution is 2.00. The highest BCUT2D eigenvalue weighted by Gasteiger charge is 2.00.